The van der Waals surface area contributed by atoms with Crippen LogP contribution in [0.3, 0.4) is 0 Å². The van der Waals surface area contributed by atoms with E-state index in [0.29, 0.717) is 12.1 Å². The molecule has 4 nitrogen and oxygen atoms in total. The molecular formula is C16H20N2O2. The van der Waals surface area contributed by atoms with Crippen molar-refractivity contribution in [2.24, 2.45) is 5.73 Å². The fraction of sp³-hybridized carbons (Fsp3) is 0.438. The lowest BCUT2D eigenvalue weighted by Gasteiger charge is -2.24. The minimum atomic E-state index is 0.0142. The zero-order valence-electron chi connectivity index (χ0n) is 11.5. The summed E-state index contributed by atoms with van der Waals surface area (Å²) in [5.41, 5.74) is 7.34. The number of nitrogens with zero attached hydrogens (tertiary/aromatic N) is 1. The van der Waals surface area contributed by atoms with Crippen molar-refractivity contribution in [2.75, 3.05) is 6.61 Å². The van der Waals surface area contributed by atoms with Gasteiger partial charge >= 0.3 is 0 Å². The molecule has 1 unspecified atom stereocenters. The minimum absolute atomic E-state index is 0.0142. The summed E-state index contributed by atoms with van der Waals surface area (Å²) in [6, 6.07) is 9.85. The van der Waals surface area contributed by atoms with Crippen LogP contribution in [0.25, 0.3) is 10.9 Å². The van der Waals surface area contributed by atoms with Crippen LogP contribution in [-0.2, 0) is 17.8 Å². The maximum Gasteiger partial charge on any atom is 0.255 e. The van der Waals surface area contributed by atoms with Gasteiger partial charge in [0.1, 0.15) is 0 Å². The van der Waals surface area contributed by atoms with E-state index in [1.807, 2.05) is 34.9 Å². The Kier molecular flexibility index (Phi) is 3.85. The molecule has 0 radical (unpaired) electrons. The SMILES string of the molecule is NCc1cc2ccccc2n(CC2CCCCO2)c1=O. The number of hydrogen-bond donors (Lipinski definition) is 1. The molecular weight excluding hydrogens is 252 g/mol. The molecule has 0 spiro atoms. The normalized spacial score (nSPS) is 19.4. The van der Waals surface area contributed by atoms with Crippen LogP contribution in [0.1, 0.15) is 24.8 Å². The van der Waals surface area contributed by atoms with Crippen molar-refractivity contribution in [1.29, 1.82) is 0 Å². The van der Waals surface area contributed by atoms with Crippen molar-refractivity contribution in [3.05, 3.63) is 46.2 Å². The van der Waals surface area contributed by atoms with Gasteiger partial charge in [-0.3, -0.25) is 4.79 Å². The van der Waals surface area contributed by atoms with E-state index in [1.165, 1.54) is 6.42 Å². The average molecular weight is 272 g/mol. The van der Waals surface area contributed by atoms with E-state index in [1.54, 1.807) is 0 Å². The number of benzene rings is 1. The lowest BCUT2D eigenvalue weighted by atomic mass is 10.1. The van der Waals surface area contributed by atoms with E-state index < -0.39 is 0 Å². The van der Waals surface area contributed by atoms with Gasteiger partial charge in [0.25, 0.3) is 5.56 Å². The molecule has 4 heteroatoms. The third-order valence-electron chi connectivity index (χ3n) is 3.96. The van der Waals surface area contributed by atoms with Crippen molar-refractivity contribution >= 4 is 10.9 Å². The summed E-state index contributed by atoms with van der Waals surface area (Å²) in [5.74, 6) is 0. The highest BCUT2D eigenvalue weighted by molar-refractivity contribution is 5.79. The monoisotopic (exact) mass is 272 g/mol. The Bertz CT molecular complexity index is 657. The van der Waals surface area contributed by atoms with Crippen molar-refractivity contribution < 1.29 is 4.74 Å². The Morgan fingerprint density at radius 2 is 2.15 bits per heavy atom. The lowest BCUT2D eigenvalue weighted by molar-refractivity contribution is 0.00612. The molecule has 0 saturated carbocycles. The number of fused-ring (bicyclic) bond motifs is 1. The van der Waals surface area contributed by atoms with Gasteiger partial charge in [-0.15, -0.1) is 0 Å². The first-order valence-electron chi connectivity index (χ1n) is 7.22. The fourth-order valence-electron chi connectivity index (χ4n) is 2.87. The highest BCUT2D eigenvalue weighted by Crippen LogP contribution is 2.18. The van der Waals surface area contributed by atoms with Gasteiger partial charge in [0.05, 0.1) is 18.2 Å². The van der Waals surface area contributed by atoms with Gasteiger partial charge in [0.15, 0.2) is 0 Å². The summed E-state index contributed by atoms with van der Waals surface area (Å²) in [6.45, 7) is 1.69. The molecule has 106 valence electrons. The molecule has 1 saturated heterocycles. The first-order chi connectivity index (χ1) is 9.79. The van der Waals surface area contributed by atoms with E-state index in [2.05, 4.69) is 0 Å². The second-order valence-corrected chi connectivity index (χ2v) is 5.34. The number of nitrogens with two attached hydrogens (primary N) is 1. The highest BCUT2D eigenvalue weighted by Gasteiger charge is 2.17. The van der Waals surface area contributed by atoms with Gasteiger partial charge < -0.3 is 15.0 Å². The molecule has 1 aromatic heterocycles. The molecule has 1 atom stereocenters. The van der Waals surface area contributed by atoms with Crippen molar-refractivity contribution in [3.8, 4) is 0 Å². The Balaban J connectivity index is 2.06. The standard InChI is InChI=1S/C16H20N2O2/c17-10-13-9-12-5-1-2-7-15(12)18(16(13)19)11-14-6-3-4-8-20-14/h1-2,5,7,9,14H,3-4,6,8,10-11,17H2. The van der Waals surface area contributed by atoms with Crippen LogP contribution in [-0.4, -0.2) is 17.3 Å². The first kappa shape index (κ1) is 13.3. The van der Waals surface area contributed by atoms with Crippen LogP contribution in [0, 0.1) is 0 Å². The van der Waals surface area contributed by atoms with E-state index in [4.69, 9.17) is 10.5 Å². The summed E-state index contributed by atoms with van der Waals surface area (Å²) in [6.07, 6.45) is 3.45. The summed E-state index contributed by atoms with van der Waals surface area (Å²) >= 11 is 0. The molecule has 2 N–H and O–H groups in total. The van der Waals surface area contributed by atoms with Crippen molar-refractivity contribution in [2.45, 2.75) is 38.5 Å². The molecule has 0 aliphatic carbocycles. The molecule has 1 aliphatic rings. The predicted molar refractivity (Wildman–Crippen MR) is 79.7 cm³/mol. The Morgan fingerprint density at radius 3 is 2.90 bits per heavy atom. The Morgan fingerprint density at radius 1 is 1.30 bits per heavy atom. The molecule has 3 rings (SSSR count). The number of hydrogen-bond acceptors (Lipinski definition) is 3. The summed E-state index contributed by atoms with van der Waals surface area (Å²) in [7, 11) is 0. The Hall–Kier alpha value is -1.65. The third-order valence-corrected chi connectivity index (χ3v) is 3.96. The van der Waals surface area contributed by atoms with Gasteiger partial charge in [0, 0.05) is 18.7 Å². The molecule has 2 heterocycles. The maximum atomic E-state index is 12.5. The lowest BCUT2D eigenvalue weighted by Crippen LogP contribution is -2.32. The number of aromatic nitrogens is 1. The van der Waals surface area contributed by atoms with E-state index in [0.717, 1.165) is 30.4 Å². The van der Waals surface area contributed by atoms with E-state index in [-0.39, 0.29) is 18.2 Å². The van der Waals surface area contributed by atoms with Crippen LogP contribution in [0.4, 0.5) is 0 Å². The van der Waals surface area contributed by atoms with Gasteiger partial charge in [0.2, 0.25) is 0 Å². The van der Waals surface area contributed by atoms with Gasteiger partial charge in [-0.25, -0.2) is 0 Å². The molecule has 1 aliphatic heterocycles. The van der Waals surface area contributed by atoms with Crippen molar-refractivity contribution in [3.63, 3.8) is 0 Å². The number of para-hydroxylation sites is 1. The quantitative estimate of drug-likeness (QED) is 0.930. The smallest absolute Gasteiger partial charge is 0.255 e. The average Bonchev–Trinajstić information content (AvgIpc) is 2.51. The minimum Gasteiger partial charge on any atom is -0.376 e. The predicted octanol–water partition coefficient (Wildman–Crippen LogP) is 2.03. The van der Waals surface area contributed by atoms with E-state index in [9.17, 15) is 4.79 Å². The second kappa shape index (κ2) is 5.77. The molecule has 1 aromatic carbocycles. The van der Waals surface area contributed by atoms with Crippen LogP contribution >= 0.6 is 0 Å². The second-order valence-electron chi connectivity index (χ2n) is 5.34. The zero-order valence-corrected chi connectivity index (χ0v) is 11.5. The molecule has 0 bridgehead atoms. The summed E-state index contributed by atoms with van der Waals surface area (Å²) in [4.78, 5) is 12.5. The summed E-state index contributed by atoms with van der Waals surface area (Å²) in [5, 5.41) is 1.06. The van der Waals surface area contributed by atoms with Gasteiger partial charge in [-0.2, -0.15) is 0 Å². The van der Waals surface area contributed by atoms with Crippen LogP contribution < -0.4 is 11.3 Å². The van der Waals surface area contributed by atoms with Crippen LogP contribution in [0.2, 0.25) is 0 Å². The highest BCUT2D eigenvalue weighted by atomic mass is 16.5. The van der Waals surface area contributed by atoms with Crippen LogP contribution in [0.5, 0.6) is 0 Å². The van der Waals surface area contributed by atoms with Gasteiger partial charge in [-0.1, -0.05) is 18.2 Å². The Labute approximate surface area is 118 Å². The first-order valence-corrected chi connectivity index (χ1v) is 7.22. The molecule has 20 heavy (non-hydrogen) atoms. The number of rotatable bonds is 3. The fourth-order valence-corrected chi connectivity index (χ4v) is 2.87. The third kappa shape index (κ3) is 2.49. The van der Waals surface area contributed by atoms with Crippen LogP contribution in [0.15, 0.2) is 35.1 Å². The largest absolute Gasteiger partial charge is 0.376 e. The number of pyridine rings is 1. The zero-order chi connectivity index (χ0) is 13.9. The summed E-state index contributed by atoms with van der Waals surface area (Å²) < 4.78 is 7.60. The number of ether oxygens (including phenoxy) is 1. The van der Waals surface area contributed by atoms with Crippen molar-refractivity contribution in [1.82, 2.24) is 4.57 Å². The topological polar surface area (TPSA) is 57.2 Å². The molecule has 1 fully saturated rings. The molecule has 0 amide bonds. The molecule has 2 aromatic rings. The van der Waals surface area contributed by atoms with Gasteiger partial charge in [-0.05, 0) is 36.8 Å². The maximum absolute atomic E-state index is 12.5. The van der Waals surface area contributed by atoms with E-state index >= 15 is 0 Å².